The van der Waals surface area contributed by atoms with E-state index in [1.54, 1.807) is 23.4 Å². The van der Waals surface area contributed by atoms with Crippen molar-refractivity contribution in [2.45, 2.75) is 11.3 Å². The van der Waals surface area contributed by atoms with E-state index >= 15 is 0 Å². The molecule has 0 spiro atoms. The fourth-order valence-electron chi connectivity index (χ4n) is 3.45. The summed E-state index contributed by atoms with van der Waals surface area (Å²) in [5.41, 5.74) is 2.66. The third-order valence-electron chi connectivity index (χ3n) is 5.13. The van der Waals surface area contributed by atoms with Gasteiger partial charge in [0.25, 0.3) is 0 Å². The largest absolute Gasteiger partial charge is 0.497 e. The Bertz CT molecular complexity index is 1120. The maximum atomic E-state index is 12.8. The third kappa shape index (κ3) is 3.96. The first-order chi connectivity index (χ1) is 14.0. The van der Waals surface area contributed by atoms with E-state index in [0.717, 1.165) is 16.6 Å². The molecule has 0 aliphatic carbocycles. The fourth-order valence-corrected chi connectivity index (χ4v) is 4.88. The minimum atomic E-state index is -3.58. The molecule has 0 unspecified atom stereocenters. The number of nitrogens with one attached hydrogen (secondary N) is 1. The smallest absolute Gasteiger partial charge is 0.243 e. The number of hydrogen-bond acceptors (Lipinski definition) is 5. The Labute approximate surface area is 169 Å². The van der Waals surface area contributed by atoms with Crippen LogP contribution in [-0.2, 0) is 21.2 Å². The lowest BCUT2D eigenvalue weighted by atomic mass is 10.1. The van der Waals surface area contributed by atoms with Crippen LogP contribution in [0.3, 0.4) is 0 Å². The van der Waals surface area contributed by atoms with Crippen molar-refractivity contribution in [1.82, 2.24) is 19.2 Å². The molecule has 1 fully saturated rings. The molecule has 4 rings (SSSR count). The molecule has 29 heavy (non-hydrogen) atoms. The van der Waals surface area contributed by atoms with Gasteiger partial charge in [-0.3, -0.25) is 4.79 Å². The number of nitrogens with zero attached hydrogens (tertiary/aromatic N) is 3. The van der Waals surface area contributed by atoms with Gasteiger partial charge in [-0.05, 0) is 42.0 Å². The van der Waals surface area contributed by atoms with Crippen LogP contribution in [0.5, 0.6) is 5.75 Å². The van der Waals surface area contributed by atoms with Crippen LogP contribution in [0.4, 0.5) is 0 Å². The molecule has 9 heteroatoms. The Hall–Kier alpha value is -2.91. The predicted molar refractivity (Wildman–Crippen MR) is 108 cm³/mol. The maximum absolute atomic E-state index is 12.8. The quantitative estimate of drug-likeness (QED) is 0.685. The number of hydrogen-bond donors (Lipinski definition) is 1. The van der Waals surface area contributed by atoms with E-state index in [1.807, 2.05) is 18.2 Å². The van der Waals surface area contributed by atoms with Gasteiger partial charge < -0.3 is 14.6 Å². The molecule has 1 aliphatic heterocycles. The second-order valence-corrected chi connectivity index (χ2v) is 8.83. The van der Waals surface area contributed by atoms with E-state index in [2.05, 4.69) is 9.97 Å². The molecule has 3 aromatic rings. The second-order valence-electron chi connectivity index (χ2n) is 6.89. The van der Waals surface area contributed by atoms with E-state index in [-0.39, 0.29) is 30.3 Å². The summed E-state index contributed by atoms with van der Waals surface area (Å²) in [6, 6.07) is 12.0. The zero-order valence-corrected chi connectivity index (χ0v) is 16.9. The first-order valence-electron chi connectivity index (χ1n) is 9.31. The van der Waals surface area contributed by atoms with E-state index < -0.39 is 10.0 Å². The zero-order valence-electron chi connectivity index (χ0n) is 16.0. The molecule has 1 amide bonds. The van der Waals surface area contributed by atoms with Crippen molar-refractivity contribution in [3.63, 3.8) is 0 Å². The van der Waals surface area contributed by atoms with Crippen LogP contribution in [0.1, 0.15) is 5.56 Å². The first kappa shape index (κ1) is 19.4. The van der Waals surface area contributed by atoms with Gasteiger partial charge in [-0.1, -0.05) is 6.07 Å². The molecule has 0 atom stereocenters. The Morgan fingerprint density at radius 3 is 2.52 bits per heavy atom. The highest BCUT2D eigenvalue weighted by Crippen LogP contribution is 2.21. The van der Waals surface area contributed by atoms with Crippen LogP contribution in [0.25, 0.3) is 11.0 Å². The lowest BCUT2D eigenvalue weighted by Crippen LogP contribution is -2.50. The number of carbonyl (C=O) groups excluding carboxylic acids is 1. The van der Waals surface area contributed by atoms with E-state index in [9.17, 15) is 13.2 Å². The molecular weight excluding hydrogens is 392 g/mol. The number of aromatic nitrogens is 2. The van der Waals surface area contributed by atoms with Gasteiger partial charge in [0.2, 0.25) is 15.9 Å². The summed E-state index contributed by atoms with van der Waals surface area (Å²) < 4.78 is 32.2. The molecule has 0 radical (unpaired) electrons. The normalized spacial score (nSPS) is 15.6. The topological polar surface area (TPSA) is 95.6 Å². The number of methoxy groups -OCH3 is 1. The third-order valence-corrected chi connectivity index (χ3v) is 7.04. The number of H-pyrrole nitrogens is 1. The number of fused-ring (bicyclic) bond motifs is 1. The van der Waals surface area contributed by atoms with Crippen molar-refractivity contribution in [1.29, 1.82) is 0 Å². The molecule has 2 aromatic carbocycles. The fraction of sp³-hybridized carbons (Fsp3) is 0.300. The van der Waals surface area contributed by atoms with E-state index in [1.165, 1.54) is 23.5 Å². The maximum Gasteiger partial charge on any atom is 0.243 e. The standard InChI is InChI=1S/C20H22N4O4S/c1-28-16-3-5-17(6-4-16)29(26,27)24-10-8-23(9-11-24)20(25)13-15-2-7-18-19(12-15)22-14-21-18/h2-7,12,14H,8-11,13H2,1H3,(H,21,22). The van der Waals surface area contributed by atoms with Crippen LogP contribution in [-0.4, -0.2) is 66.8 Å². The van der Waals surface area contributed by atoms with Crippen molar-refractivity contribution in [2.75, 3.05) is 33.3 Å². The van der Waals surface area contributed by atoms with Crippen molar-refractivity contribution >= 4 is 27.0 Å². The molecule has 2 heterocycles. The molecule has 152 valence electrons. The van der Waals surface area contributed by atoms with Gasteiger partial charge in [-0.25, -0.2) is 13.4 Å². The number of sulfonamides is 1. The van der Waals surface area contributed by atoms with Crippen molar-refractivity contribution < 1.29 is 17.9 Å². The number of rotatable bonds is 5. The van der Waals surface area contributed by atoms with Gasteiger partial charge in [0.1, 0.15) is 5.75 Å². The molecule has 1 aromatic heterocycles. The van der Waals surface area contributed by atoms with Crippen molar-refractivity contribution in [2.24, 2.45) is 0 Å². The van der Waals surface area contributed by atoms with Crippen LogP contribution in [0.15, 0.2) is 53.7 Å². The minimum Gasteiger partial charge on any atom is -0.497 e. The van der Waals surface area contributed by atoms with Crippen LogP contribution in [0, 0.1) is 0 Å². The van der Waals surface area contributed by atoms with Gasteiger partial charge >= 0.3 is 0 Å². The molecular formula is C20H22N4O4S. The molecule has 1 N–H and O–H groups in total. The monoisotopic (exact) mass is 414 g/mol. The highest BCUT2D eigenvalue weighted by Gasteiger charge is 2.30. The number of amides is 1. The number of carbonyl (C=O) groups is 1. The summed E-state index contributed by atoms with van der Waals surface area (Å²) in [6.07, 6.45) is 1.90. The van der Waals surface area contributed by atoms with Crippen LogP contribution >= 0.6 is 0 Å². The molecule has 1 saturated heterocycles. The number of ether oxygens (including phenoxy) is 1. The van der Waals surface area contributed by atoms with Gasteiger partial charge in [0.15, 0.2) is 0 Å². The summed E-state index contributed by atoms with van der Waals surface area (Å²) in [5.74, 6) is 0.595. The Balaban J connectivity index is 1.38. The van der Waals surface area contributed by atoms with Gasteiger partial charge in [0, 0.05) is 26.2 Å². The Morgan fingerprint density at radius 1 is 1.10 bits per heavy atom. The van der Waals surface area contributed by atoms with E-state index in [4.69, 9.17) is 4.74 Å². The molecule has 0 bridgehead atoms. The average molecular weight is 414 g/mol. The first-order valence-corrected chi connectivity index (χ1v) is 10.8. The van der Waals surface area contributed by atoms with Gasteiger partial charge in [-0.2, -0.15) is 4.31 Å². The Morgan fingerprint density at radius 2 is 1.83 bits per heavy atom. The summed E-state index contributed by atoms with van der Waals surface area (Å²) >= 11 is 0. The highest BCUT2D eigenvalue weighted by atomic mass is 32.2. The minimum absolute atomic E-state index is 0.00893. The highest BCUT2D eigenvalue weighted by molar-refractivity contribution is 7.89. The Kier molecular flexibility index (Phi) is 5.25. The SMILES string of the molecule is COc1ccc(S(=O)(=O)N2CCN(C(=O)Cc3ccc4nc[nH]c4c3)CC2)cc1. The number of piperazine rings is 1. The summed E-state index contributed by atoms with van der Waals surface area (Å²) in [4.78, 5) is 21.8. The summed E-state index contributed by atoms with van der Waals surface area (Å²) in [7, 11) is -2.05. The van der Waals surface area contributed by atoms with Crippen molar-refractivity contribution in [3.05, 3.63) is 54.4 Å². The number of imidazole rings is 1. The number of benzene rings is 2. The summed E-state index contributed by atoms with van der Waals surface area (Å²) in [5, 5.41) is 0. The molecule has 8 nitrogen and oxygen atoms in total. The molecule has 0 saturated carbocycles. The van der Waals surface area contributed by atoms with Gasteiger partial charge in [0.05, 0.1) is 35.8 Å². The van der Waals surface area contributed by atoms with Crippen LogP contribution in [0.2, 0.25) is 0 Å². The lowest BCUT2D eigenvalue weighted by Gasteiger charge is -2.34. The number of aromatic amines is 1. The van der Waals surface area contributed by atoms with Gasteiger partial charge in [-0.15, -0.1) is 0 Å². The summed E-state index contributed by atoms with van der Waals surface area (Å²) in [6.45, 7) is 1.31. The lowest BCUT2D eigenvalue weighted by molar-refractivity contribution is -0.131. The second kappa shape index (κ2) is 7.84. The predicted octanol–water partition coefficient (Wildman–Crippen LogP) is 1.65. The van der Waals surface area contributed by atoms with Crippen LogP contribution < -0.4 is 4.74 Å². The van der Waals surface area contributed by atoms with Crippen molar-refractivity contribution in [3.8, 4) is 5.75 Å². The zero-order chi connectivity index (χ0) is 20.4. The molecule has 1 aliphatic rings. The van der Waals surface area contributed by atoms with E-state index in [0.29, 0.717) is 18.8 Å². The average Bonchev–Trinajstić information content (AvgIpc) is 3.22.